The molecule has 0 spiro atoms. The smallest absolute Gasteiger partial charge is 0.130 e. The molecule has 1 aromatic rings. The van der Waals surface area contributed by atoms with E-state index in [0.29, 0.717) is 0 Å². The molecule has 100 valence electrons. The molecule has 1 fully saturated rings. The summed E-state index contributed by atoms with van der Waals surface area (Å²) in [6.07, 6.45) is 5.53. The molecular formula is C13H23N5. The van der Waals surface area contributed by atoms with Gasteiger partial charge in [-0.05, 0) is 19.3 Å². The fourth-order valence-electron chi connectivity index (χ4n) is 2.15. The summed E-state index contributed by atoms with van der Waals surface area (Å²) in [4.78, 5) is 6.87. The minimum atomic E-state index is 0.941. The first-order valence-electron chi connectivity index (χ1n) is 6.76. The van der Waals surface area contributed by atoms with E-state index in [1.807, 2.05) is 13.2 Å². The second-order valence-electron chi connectivity index (χ2n) is 4.58. The molecule has 0 atom stereocenters. The number of hydrazine groups is 1. The summed E-state index contributed by atoms with van der Waals surface area (Å²) in [5, 5.41) is 3.22. The first-order chi connectivity index (χ1) is 8.85. The molecule has 1 saturated heterocycles. The van der Waals surface area contributed by atoms with E-state index in [0.717, 1.165) is 43.2 Å². The molecule has 2 rings (SSSR count). The van der Waals surface area contributed by atoms with E-state index >= 15 is 0 Å². The van der Waals surface area contributed by atoms with Crippen molar-refractivity contribution in [3.05, 3.63) is 12.3 Å². The maximum Gasteiger partial charge on any atom is 0.130 e. The third-order valence-corrected chi connectivity index (χ3v) is 3.19. The second-order valence-corrected chi connectivity index (χ2v) is 4.58. The number of nitrogens with zero attached hydrogens (tertiary/aromatic N) is 2. The first-order valence-corrected chi connectivity index (χ1v) is 6.76. The van der Waals surface area contributed by atoms with Crippen molar-refractivity contribution in [1.29, 1.82) is 0 Å². The predicted octanol–water partition coefficient (Wildman–Crippen LogP) is 2.05. The number of pyridine rings is 1. The van der Waals surface area contributed by atoms with Gasteiger partial charge in [0.15, 0.2) is 0 Å². The molecule has 18 heavy (non-hydrogen) atoms. The van der Waals surface area contributed by atoms with Gasteiger partial charge in [0.1, 0.15) is 5.82 Å². The van der Waals surface area contributed by atoms with Crippen LogP contribution in [0.25, 0.3) is 0 Å². The van der Waals surface area contributed by atoms with Gasteiger partial charge in [-0.3, -0.25) is 0 Å². The van der Waals surface area contributed by atoms with Crippen LogP contribution >= 0.6 is 0 Å². The number of aromatic nitrogens is 1. The molecule has 0 amide bonds. The highest BCUT2D eigenvalue weighted by molar-refractivity contribution is 5.71. The molecule has 1 aliphatic rings. The van der Waals surface area contributed by atoms with E-state index in [2.05, 4.69) is 39.0 Å². The van der Waals surface area contributed by atoms with Gasteiger partial charge < -0.3 is 15.6 Å². The molecule has 1 aromatic heterocycles. The van der Waals surface area contributed by atoms with Gasteiger partial charge >= 0.3 is 0 Å². The number of rotatable bonds is 6. The molecule has 3 N–H and O–H groups in total. The lowest BCUT2D eigenvalue weighted by Gasteiger charge is -2.19. The van der Waals surface area contributed by atoms with Crippen molar-refractivity contribution in [3.8, 4) is 0 Å². The Balaban J connectivity index is 2.07. The maximum absolute atomic E-state index is 4.53. The van der Waals surface area contributed by atoms with E-state index in [4.69, 9.17) is 0 Å². The number of nitrogens with one attached hydrogen (secondary N) is 3. The summed E-state index contributed by atoms with van der Waals surface area (Å²) in [5.74, 6) is 1.07. The van der Waals surface area contributed by atoms with Gasteiger partial charge in [-0.2, -0.15) is 0 Å². The van der Waals surface area contributed by atoms with Gasteiger partial charge in [0.2, 0.25) is 0 Å². The minimum absolute atomic E-state index is 0.941. The molecule has 0 aromatic carbocycles. The van der Waals surface area contributed by atoms with E-state index < -0.39 is 0 Å². The topological polar surface area (TPSA) is 52.2 Å². The largest absolute Gasteiger partial charge is 0.386 e. The molecule has 2 heterocycles. The van der Waals surface area contributed by atoms with Gasteiger partial charge in [0.25, 0.3) is 0 Å². The predicted molar refractivity (Wildman–Crippen MR) is 77.1 cm³/mol. The van der Waals surface area contributed by atoms with Crippen LogP contribution in [-0.2, 0) is 0 Å². The molecule has 1 aliphatic heterocycles. The zero-order valence-electron chi connectivity index (χ0n) is 11.3. The van der Waals surface area contributed by atoms with Crippen molar-refractivity contribution in [2.24, 2.45) is 0 Å². The number of hydrogen-bond acceptors (Lipinski definition) is 5. The molecule has 5 nitrogen and oxygen atoms in total. The Morgan fingerprint density at radius 1 is 1.28 bits per heavy atom. The van der Waals surface area contributed by atoms with Gasteiger partial charge in [-0.1, -0.05) is 6.92 Å². The SMILES string of the molecule is CCCNNc1cnc(N2CCCC2)cc1NC. The van der Waals surface area contributed by atoms with Crippen LogP contribution in [0, 0.1) is 0 Å². The minimum Gasteiger partial charge on any atom is -0.386 e. The summed E-state index contributed by atoms with van der Waals surface area (Å²) in [7, 11) is 1.94. The fourth-order valence-corrected chi connectivity index (χ4v) is 2.15. The highest BCUT2D eigenvalue weighted by Gasteiger charge is 2.14. The highest BCUT2D eigenvalue weighted by Crippen LogP contribution is 2.26. The second kappa shape index (κ2) is 6.44. The normalized spacial score (nSPS) is 14.9. The monoisotopic (exact) mass is 249 g/mol. The van der Waals surface area contributed by atoms with Crippen LogP contribution in [-0.4, -0.2) is 31.7 Å². The number of hydrogen-bond donors (Lipinski definition) is 3. The Hall–Kier alpha value is -1.49. The molecule has 0 saturated carbocycles. The van der Waals surface area contributed by atoms with Crippen LogP contribution in [0.3, 0.4) is 0 Å². The van der Waals surface area contributed by atoms with Gasteiger partial charge in [-0.25, -0.2) is 10.4 Å². The van der Waals surface area contributed by atoms with Crippen molar-refractivity contribution < 1.29 is 0 Å². The van der Waals surface area contributed by atoms with Crippen molar-refractivity contribution in [2.75, 3.05) is 42.3 Å². The standard InChI is InChI=1S/C13H23N5/c1-3-6-16-17-12-10-15-13(9-11(12)14-2)18-7-4-5-8-18/h9-10,16-17H,3-8H2,1-2H3,(H,14,15). The molecule has 0 unspecified atom stereocenters. The molecule has 0 aliphatic carbocycles. The van der Waals surface area contributed by atoms with Crippen LogP contribution < -0.4 is 21.1 Å². The van der Waals surface area contributed by atoms with Crippen LogP contribution in [0.5, 0.6) is 0 Å². The highest BCUT2D eigenvalue weighted by atomic mass is 15.4. The zero-order chi connectivity index (χ0) is 12.8. The third-order valence-electron chi connectivity index (χ3n) is 3.19. The summed E-state index contributed by atoms with van der Waals surface area (Å²) < 4.78 is 0. The first kappa shape index (κ1) is 13.0. The fraction of sp³-hybridized carbons (Fsp3) is 0.615. The van der Waals surface area contributed by atoms with Crippen molar-refractivity contribution in [1.82, 2.24) is 10.4 Å². The quantitative estimate of drug-likeness (QED) is 0.532. The summed E-state index contributed by atoms with van der Waals surface area (Å²) in [6, 6.07) is 2.11. The average Bonchev–Trinajstić information content (AvgIpc) is 2.93. The Bertz CT molecular complexity index is 374. The van der Waals surface area contributed by atoms with Crippen molar-refractivity contribution in [3.63, 3.8) is 0 Å². The van der Waals surface area contributed by atoms with E-state index in [1.54, 1.807) is 0 Å². The van der Waals surface area contributed by atoms with Crippen LogP contribution in [0.2, 0.25) is 0 Å². The molecule has 0 bridgehead atoms. The maximum atomic E-state index is 4.53. The van der Waals surface area contributed by atoms with Gasteiger partial charge in [0.05, 0.1) is 17.6 Å². The summed E-state index contributed by atoms with van der Waals surface area (Å²) in [5.41, 5.74) is 8.43. The van der Waals surface area contributed by atoms with Gasteiger partial charge in [0, 0.05) is 32.7 Å². The zero-order valence-corrected chi connectivity index (χ0v) is 11.3. The summed E-state index contributed by atoms with van der Waals surface area (Å²) in [6.45, 7) is 5.33. The van der Waals surface area contributed by atoms with Crippen LogP contribution in [0.1, 0.15) is 26.2 Å². The molecular weight excluding hydrogens is 226 g/mol. The Morgan fingerprint density at radius 3 is 2.72 bits per heavy atom. The Morgan fingerprint density at radius 2 is 2.06 bits per heavy atom. The van der Waals surface area contributed by atoms with E-state index in [9.17, 15) is 0 Å². The van der Waals surface area contributed by atoms with Crippen LogP contribution in [0.4, 0.5) is 17.2 Å². The lowest BCUT2D eigenvalue weighted by atomic mass is 10.3. The lowest BCUT2D eigenvalue weighted by Crippen LogP contribution is -2.24. The van der Waals surface area contributed by atoms with Crippen molar-refractivity contribution in [2.45, 2.75) is 26.2 Å². The summed E-state index contributed by atoms with van der Waals surface area (Å²) >= 11 is 0. The van der Waals surface area contributed by atoms with Gasteiger partial charge in [-0.15, -0.1) is 0 Å². The van der Waals surface area contributed by atoms with E-state index in [1.165, 1.54) is 12.8 Å². The van der Waals surface area contributed by atoms with Crippen molar-refractivity contribution >= 4 is 17.2 Å². The average molecular weight is 249 g/mol. The third kappa shape index (κ3) is 3.04. The van der Waals surface area contributed by atoms with E-state index in [-0.39, 0.29) is 0 Å². The Labute approximate surface area is 109 Å². The lowest BCUT2D eigenvalue weighted by molar-refractivity contribution is 0.760. The Kier molecular flexibility index (Phi) is 4.64. The number of anilines is 3. The molecule has 0 radical (unpaired) electrons. The van der Waals surface area contributed by atoms with Crippen LogP contribution in [0.15, 0.2) is 12.3 Å². The molecule has 5 heteroatoms.